The van der Waals surface area contributed by atoms with Gasteiger partial charge in [0.2, 0.25) is 27.7 Å². The van der Waals surface area contributed by atoms with Crippen LogP contribution in [0, 0.1) is 0 Å². The Balaban J connectivity index is 0.000000274. The third-order valence-electron chi connectivity index (χ3n) is 25.2. The van der Waals surface area contributed by atoms with Crippen LogP contribution < -0.4 is 50.8 Å². The van der Waals surface area contributed by atoms with Gasteiger partial charge in [-0.15, -0.1) is 30.6 Å². The zero-order valence-electron chi connectivity index (χ0n) is 84.1. The van der Waals surface area contributed by atoms with E-state index >= 15 is 0 Å². The second kappa shape index (κ2) is 44.9. The maximum atomic E-state index is 14.3. The summed E-state index contributed by atoms with van der Waals surface area (Å²) in [5.41, 5.74) is 1.26. The van der Waals surface area contributed by atoms with Crippen molar-refractivity contribution in [2.75, 3.05) is 28.8 Å². The topological polar surface area (TPSA) is 386 Å². The fourth-order valence-electron chi connectivity index (χ4n) is 14.7. The molecular weight excluding hydrogens is 1760 g/mol. The zero-order valence-corrected chi connectivity index (χ0v) is 87.2. The summed E-state index contributed by atoms with van der Waals surface area (Å²) in [4.78, 5) is 79.0. The number of nitrogens with one attached hydrogen (secondary N) is 10. The monoisotopic (exact) mass is 1910 g/mol. The lowest BCUT2D eigenvalue weighted by Gasteiger charge is -2.41. The molecule has 9 aromatic rings. The lowest BCUT2D eigenvalue weighted by Crippen LogP contribution is -2.59. The minimum absolute atomic E-state index is 0.0815. The van der Waals surface area contributed by atoms with Crippen LogP contribution in [0.5, 0.6) is 17.2 Å². The molecule has 0 bridgehead atoms. The van der Waals surface area contributed by atoms with Crippen molar-refractivity contribution in [3.05, 3.63) is 122 Å². The smallest absolute Gasteiger partial charge is 0.261 e. The third kappa shape index (κ3) is 28.0. The van der Waals surface area contributed by atoms with Crippen molar-refractivity contribution >= 4 is 114 Å². The van der Waals surface area contributed by atoms with Gasteiger partial charge in [0.15, 0.2) is 52.7 Å². The van der Waals surface area contributed by atoms with Gasteiger partial charge < -0.3 is 46.1 Å². The summed E-state index contributed by atoms with van der Waals surface area (Å²) < 4.78 is 49.8. The van der Waals surface area contributed by atoms with E-state index in [0.29, 0.717) is 109 Å². The lowest BCUT2D eigenvalue weighted by atomic mass is 9.73. The molecule has 34 heteroatoms. The maximum absolute atomic E-state index is 14.3. The summed E-state index contributed by atoms with van der Waals surface area (Å²) in [6.45, 7) is 58.2. The predicted octanol–water partition coefficient (Wildman–Crippen LogP) is 20.7. The van der Waals surface area contributed by atoms with E-state index in [0.717, 1.165) is 93.1 Å². The van der Waals surface area contributed by atoms with Crippen LogP contribution in [0.1, 0.15) is 356 Å². The van der Waals surface area contributed by atoms with Crippen LogP contribution in [-0.4, -0.2) is 151 Å². The summed E-state index contributed by atoms with van der Waals surface area (Å²) >= 11 is 20.1. The first-order valence-electron chi connectivity index (χ1n) is 46.7. The standard InChI is InChI=1S/C37H60ClN7O5S.C34H53ClN6O3.C27H39ClN6O3/c1-13-14-15-16-17-18-19-27(50-26-21-20-24(34(2,3)4)22-25(26)40-28(46)23-39-51(12,48)49)32(47)41-37(10,11)36(8,9)33-43-42-31-29(38)30(35(5,6)7)44-45(31)33;1-10-12-13-14-15-16-22-25(44-24-21-18-17-20-23(24)36-26(42)19-11-2)30(43)37-34(8,9)33(6,7)31-39-38-29-27(35)28(32(3,4)5)40-41(29)31;1-10-13-19(35)29-17-14-11-12-15-18(17)37-16(2)23(36)30-27(8,9)26(6,7)24-32-31-22-20(28)21(25(3,4)5)33-34(22)24/h20-22,27,39,44H,13-19,23H2,1-12H3,(H,40,46)(H,41,47);17-18,20-21,25,40H,10-16,19,22H2,1-9H3,(H,36,42)(H,37,43);11-12,14-16,33H,10,13H2,1-9H3,(H,29,35)(H,30,36). The largest absolute Gasteiger partial charge is 0.479 e. The number of anilines is 3. The van der Waals surface area contributed by atoms with E-state index in [1.165, 1.54) is 25.7 Å². The van der Waals surface area contributed by atoms with E-state index in [2.05, 4.69) is 159 Å². The highest BCUT2D eigenvalue weighted by molar-refractivity contribution is 7.88. The fraction of sp³-hybridized carbons (Fsp3) is 0.633. The molecule has 732 valence electrons. The van der Waals surface area contributed by atoms with E-state index in [9.17, 15) is 37.2 Å². The number of unbranched alkanes of at least 4 members (excludes halogenated alkanes) is 10. The number of nitrogens with zero attached hydrogens (tertiary/aromatic N) is 9. The molecule has 0 saturated heterocycles. The number of carbonyl (C=O) groups excluding carboxylic acids is 6. The molecule has 0 aliphatic heterocycles. The zero-order chi connectivity index (χ0) is 99.0. The highest BCUT2D eigenvalue weighted by Gasteiger charge is 2.49. The van der Waals surface area contributed by atoms with Gasteiger partial charge in [-0.3, -0.25) is 44.1 Å². The van der Waals surface area contributed by atoms with Gasteiger partial charge in [0.1, 0.15) is 32.3 Å². The molecule has 6 heterocycles. The van der Waals surface area contributed by atoms with Crippen LogP contribution in [0.15, 0.2) is 66.7 Å². The van der Waals surface area contributed by atoms with Crippen LogP contribution in [0.3, 0.4) is 0 Å². The minimum atomic E-state index is -3.58. The molecular formula is C98H152Cl3N19O11S. The van der Waals surface area contributed by atoms with Crippen molar-refractivity contribution in [1.29, 1.82) is 0 Å². The van der Waals surface area contributed by atoms with Gasteiger partial charge in [0.25, 0.3) is 17.7 Å². The van der Waals surface area contributed by atoms with E-state index in [-0.39, 0.29) is 51.2 Å². The Bertz CT molecular complexity index is 5530. The number of fused-ring (bicyclic) bond motifs is 3. The maximum Gasteiger partial charge on any atom is 0.261 e. The van der Waals surface area contributed by atoms with Crippen LogP contribution in [0.25, 0.3) is 16.9 Å². The van der Waals surface area contributed by atoms with Crippen molar-refractivity contribution in [2.24, 2.45) is 0 Å². The molecule has 0 saturated carbocycles. The van der Waals surface area contributed by atoms with Crippen molar-refractivity contribution in [3.63, 3.8) is 0 Å². The van der Waals surface area contributed by atoms with E-state index in [1.807, 2.05) is 153 Å². The Morgan fingerprint density at radius 1 is 0.394 bits per heavy atom. The molecule has 6 aromatic heterocycles. The molecule has 0 spiro atoms. The molecule has 10 N–H and O–H groups in total. The van der Waals surface area contributed by atoms with E-state index in [4.69, 9.17) is 49.0 Å². The molecule has 0 aliphatic rings. The molecule has 3 unspecified atom stereocenters. The normalized spacial score (nSPS) is 13.5. The number of halogens is 3. The third-order valence-corrected chi connectivity index (χ3v) is 26.9. The quantitative estimate of drug-likeness (QED) is 0.0159. The molecule has 3 aromatic carbocycles. The van der Waals surface area contributed by atoms with Crippen LogP contribution in [0.4, 0.5) is 17.1 Å². The van der Waals surface area contributed by atoms with Crippen LogP contribution >= 0.6 is 34.8 Å². The lowest BCUT2D eigenvalue weighted by molar-refractivity contribution is -0.131. The summed E-state index contributed by atoms with van der Waals surface area (Å²) in [6, 6.07) is 19.9. The Kier molecular flexibility index (Phi) is 37.3. The summed E-state index contributed by atoms with van der Waals surface area (Å²) in [5.74, 6) is 1.58. The Hall–Kier alpha value is -9.30. The second-order valence-electron chi connectivity index (χ2n) is 42.2. The highest BCUT2D eigenvalue weighted by Crippen LogP contribution is 2.43. The molecule has 132 heavy (non-hydrogen) atoms. The molecule has 0 fully saturated rings. The minimum Gasteiger partial charge on any atom is -0.479 e. The number of aromatic amines is 3. The number of para-hydroxylation sites is 4. The van der Waals surface area contributed by atoms with Crippen molar-refractivity contribution in [3.8, 4) is 17.2 Å². The van der Waals surface area contributed by atoms with Crippen molar-refractivity contribution < 1.29 is 51.4 Å². The number of aromatic nitrogens is 12. The number of benzene rings is 3. The van der Waals surface area contributed by atoms with Crippen LogP contribution in [0.2, 0.25) is 15.1 Å². The van der Waals surface area contributed by atoms with Crippen molar-refractivity contribution in [2.45, 2.75) is 389 Å². The number of H-pyrrole nitrogens is 3. The first-order chi connectivity index (χ1) is 61.1. The Morgan fingerprint density at radius 3 is 1.05 bits per heavy atom. The van der Waals surface area contributed by atoms with Crippen LogP contribution in [-0.2, 0) is 76.7 Å². The second-order valence-corrected chi connectivity index (χ2v) is 45.2. The Labute approximate surface area is 797 Å². The predicted molar refractivity (Wildman–Crippen MR) is 530 cm³/mol. The van der Waals surface area contributed by atoms with Gasteiger partial charge in [0, 0.05) is 61.9 Å². The molecule has 6 amide bonds. The number of rotatable bonds is 42. The fourth-order valence-corrected chi connectivity index (χ4v) is 16.4. The van der Waals surface area contributed by atoms with Gasteiger partial charge in [-0.1, -0.05) is 282 Å². The number of ether oxygens (including phenoxy) is 3. The van der Waals surface area contributed by atoms with E-state index in [1.54, 1.807) is 52.4 Å². The highest BCUT2D eigenvalue weighted by atomic mass is 35.5. The Morgan fingerprint density at radius 2 is 0.712 bits per heavy atom. The number of sulfonamides is 1. The molecule has 30 nitrogen and oxygen atoms in total. The number of amides is 6. The van der Waals surface area contributed by atoms with Gasteiger partial charge >= 0.3 is 0 Å². The van der Waals surface area contributed by atoms with Crippen molar-refractivity contribution in [1.82, 2.24) is 80.1 Å². The van der Waals surface area contributed by atoms with Gasteiger partial charge in [-0.2, -0.15) is 0 Å². The summed E-state index contributed by atoms with van der Waals surface area (Å²) in [6.07, 6.45) is 14.7. The van der Waals surface area contributed by atoms with Gasteiger partial charge in [-0.25, -0.2) is 26.7 Å². The average molecular weight is 1910 g/mol. The number of carbonyl (C=O) groups is 6. The molecule has 3 atom stereocenters. The number of hydrogen-bond acceptors (Lipinski definition) is 17. The SMILES string of the molecule is CCCC(=O)Nc1ccccc1OC(C)C(=O)NC(C)(C)C(C)(C)c1nnc2c(Cl)c(C(C)(C)C)[nH]n12.CCCCCCCCC(Oc1ccc(C(C)(C)C)cc1NC(=O)CNS(C)(=O)=O)C(=O)NC(C)(C)C(C)(C)c1nnc2c(Cl)c(C(C)(C)C)[nH]n12.CCCCCCCCC(Oc1ccccc1NC(=O)CCC)C(=O)NC(C)(C)C(C)(C)c1nnc2c(Cl)c(C(C)(C)C)[nH]n12. The first kappa shape index (κ1) is 110. The molecule has 9 rings (SSSR count). The number of hydrogen-bond donors (Lipinski definition) is 10. The van der Waals surface area contributed by atoms with Gasteiger partial charge in [-0.05, 0) is 134 Å². The summed E-state index contributed by atoms with van der Waals surface area (Å²) in [5, 5.41) is 56.6. The summed E-state index contributed by atoms with van der Waals surface area (Å²) in [7, 11) is -3.58. The molecule has 0 aliphatic carbocycles. The van der Waals surface area contributed by atoms with Gasteiger partial charge in [0.05, 0.1) is 46.9 Å². The molecule has 0 radical (unpaired) electrons. The first-order valence-corrected chi connectivity index (χ1v) is 49.7. The average Bonchev–Trinajstić information content (AvgIpc) is 1.59. The van der Waals surface area contributed by atoms with E-state index < -0.39 is 73.6 Å².